The summed E-state index contributed by atoms with van der Waals surface area (Å²) >= 11 is 0. The number of rotatable bonds is 5. The Morgan fingerprint density at radius 2 is 1.93 bits per heavy atom. The topological polar surface area (TPSA) is 87.0 Å². The van der Waals surface area contributed by atoms with Crippen molar-refractivity contribution >= 4 is 17.2 Å². The average Bonchev–Trinajstić information content (AvgIpc) is 3.39. The molecule has 1 N–H and O–H groups in total. The number of nitrogens with zero attached hydrogens (tertiary/aromatic N) is 3. The van der Waals surface area contributed by atoms with E-state index in [4.69, 9.17) is 14.2 Å². The molecule has 0 saturated carbocycles. The Balaban J connectivity index is 1.28. The average molecular weight is 402 g/mol. The summed E-state index contributed by atoms with van der Waals surface area (Å²) in [7, 11) is 0. The van der Waals surface area contributed by atoms with Gasteiger partial charge in [0, 0.05) is 29.1 Å². The number of fused-ring (bicyclic) bond motifs is 2. The summed E-state index contributed by atoms with van der Waals surface area (Å²) in [6.45, 7) is 1.95. The monoisotopic (exact) mass is 402 g/mol. The zero-order valence-electron chi connectivity index (χ0n) is 16.2. The third-order valence-electron chi connectivity index (χ3n) is 4.66. The molecule has 8 nitrogen and oxygen atoms in total. The smallest absolute Gasteiger partial charge is 0.262 e. The lowest BCUT2D eigenvalue weighted by Crippen LogP contribution is -2.20. The quantitative estimate of drug-likeness (QED) is 0.550. The minimum atomic E-state index is -0.305. The number of nitrogens with one attached hydrogen (secondary N) is 1. The summed E-state index contributed by atoms with van der Waals surface area (Å²) in [5.74, 6) is 1.29. The number of aromatic nitrogens is 3. The molecule has 0 fully saturated rings. The van der Waals surface area contributed by atoms with E-state index in [1.165, 1.54) is 0 Å². The molecule has 8 heteroatoms. The molecular weight excluding hydrogens is 384 g/mol. The van der Waals surface area contributed by atoms with E-state index in [1.807, 2.05) is 43.3 Å². The highest BCUT2D eigenvalue weighted by Crippen LogP contribution is 2.34. The van der Waals surface area contributed by atoms with Crippen molar-refractivity contribution < 1.29 is 19.0 Å². The molecule has 0 bridgehead atoms. The van der Waals surface area contributed by atoms with Crippen molar-refractivity contribution in [3.05, 3.63) is 66.4 Å². The maximum atomic E-state index is 12.2. The van der Waals surface area contributed by atoms with E-state index < -0.39 is 0 Å². The van der Waals surface area contributed by atoms with Crippen LogP contribution in [0.15, 0.2) is 60.7 Å². The van der Waals surface area contributed by atoms with Crippen molar-refractivity contribution in [2.75, 3.05) is 18.7 Å². The lowest BCUT2D eigenvalue weighted by atomic mass is 10.1. The van der Waals surface area contributed by atoms with E-state index >= 15 is 0 Å². The Hall–Kier alpha value is -4.07. The molecule has 1 aliphatic rings. The van der Waals surface area contributed by atoms with Crippen LogP contribution >= 0.6 is 0 Å². The molecule has 30 heavy (non-hydrogen) atoms. The van der Waals surface area contributed by atoms with Gasteiger partial charge in [0.1, 0.15) is 0 Å². The van der Waals surface area contributed by atoms with E-state index in [2.05, 4.69) is 15.4 Å². The molecule has 0 atom stereocenters. The molecule has 0 unspecified atom stereocenters. The van der Waals surface area contributed by atoms with Crippen LogP contribution in [-0.2, 0) is 4.79 Å². The van der Waals surface area contributed by atoms with Gasteiger partial charge < -0.3 is 19.5 Å². The molecule has 2 aromatic carbocycles. The van der Waals surface area contributed by atoms with E-state index in [0.717, 1.165) is 17.0 Å². The van der Waals surface area contributed by atoms with Crippen LogP contribution in [-0.4, -0.2) is 33.9 Å². The number of ether oxygens (including phenoxy) is 3. The van der Waals surface area contributed by atoms with Crippen molar-refractivity contribution in [1.29, 1.82) is 0 Å². The SMILES string of the molecule is Cc1cc(-c2ccccc2)nc2cc(OCC(=O)Nc3ccc4c(c3)OCO4)nn12. The van der Waals surface area contributed by atoms with Crippen molar-refractivity contribution in [1.82, 2.24) is 14.6 Å². The fraction of sp³-hybridized carbons (Fsp3) is 0.136. The number of hydrogen-bond acceptors (Lipinski definition) is 6. The largest absolute Gasteiger partial charge is 0.466 e. The molecule has 150 valence electrons. The fourth-order valence-corrected chi connectivity index (χ4v) is 3.24. The predicted octanol–water partition coefficient (Wildman–Crippen LogP) is 3.45. The number of anilines is 1. The highest BCUT2D eigenvalue weighted by molar-refractivity contribution is 5.92. The summed E-state index contributed by atoms with van der Waals surface area (Å²) in [6, 6.07) is 18.8. The van der Waals surface area contributed by atoms with Gasteiger partial charge in [-0.2, -0.15) is 0 Å². The van der Waals surface area contributed by atoms with Gasteiger partial charge in [0.2, 0.25) is 12.7 Å². The van der Waals surface area contributed by atoms with Crippen LogP contribution in [0.3, 0.4) is 0 Å². The first-order chi connectivity index (χ1) is 14.7. The van der Waals surface area contributed by atoms with Gasteiger partial charge in [0.15, 0.2) is 23.8 Å². The lowest BCUT2D eigenvalue weighted by Gasteiger charge is -2.06. The van der Waals surface area contributed by atoms with Crippen molar-refractivity contribution in [2.24, 2.45) is 0 Å². The number of benzene rings is 2. The minimum Gasteiger partial charge on any atom is -0.466 e. The fourth-order valence-electron chi connectivity index (χ4n) is 3.24. The summed E-state index contributed by atoms with van der Waals surface area (Å²) < 4.78 is 17.8. The van der Waals surface area contributed by atoms with E-state index in [-0.39, 0.29) is 19.3 Å². The van der Waals surface area contributed by atoms with Crippen LogP contribution in [0, 0.1) is 6.92 Å². The molecule has 3 heterocycles. The van der Waals surface area contributed by atoms with Crippen LogP contribution in [0.1, 0.15) is 5.69 Å². The second-order valence-corrected chi connectivity index (χ2v) is 6.81. The molecular formula is C22H18N4O4. The normalized spacial score (nSPS) is 12.2. The zero-order chi connectivity index (χ0) is 20.5. The van der Waals surface area contributed by atoms with E-state index in [9.17, 15) is 4.79 Å². The first kappa shape index (κ1) is 18.0. The molecule has 1 amide bonds. The zero-order valence-corrected chi connectivity index (χ0v) is 16.2. The third-order valence-corrected chi connectivity index (χ3v) is 4.66. The second kappa shape index (κ2) is 7.40. The highest BCUT2D eigenvalue weighted by atomic mass is 16.7. The minimum absolute atomic E-state index is 0.178. The van der Waals surface area contributed by atoms with Crippen molar-refractivity contribution in [3.63, 3.8) is 0 Å². The maximum Gasteiger partial charge on any atom is 0.262 e. The summed E-state index contributed by atoms with van der Waals surface area (Å²) in [4.78, 5) is 16.9. The van der Waals surface area contributed by atoms with Gasteiger partial charge in [0.25, 0.3) is 5.91 Å². The molecule has 0 aliphatic carbocycles. The number of amides is 1. The molecule has 4 aromatic rings. The third kappa shape index (κ3) is 3.50. The Bertz CT molecular complexity index is 1240. The van der Waals surface area contributed by atoms with E-state index in [0.29, 0.717) is 28.7 Å². The molecule has 0 saturated heterocycles. The Morgan fingerprint density at radius 3 is 2.80 bits per heavy atom. The predicted molar refractivity (Wildman–Crippen MR) is 110 cm³/mol. The van der Waals surface area contributed by atoms with Gasteiger partial charge in [-0.25, -0.2) is 9.50 Å². The second-order valence-electron chi connectivity index (χ2n) is 6.81. The van der Waals surface area contributed by atoms with Gasteiger partial charge in [-0.3, -0.25) is 4.79 Å². The summed E-state index contributed by atoms with van der Waals surface area (Å²) in [5, 5.41) is 7.16. The summed E-state index contributed by atoms with van der Waals surface area (Å²) in [5.41, 5.74) is 4.05. The first-order valence-corrected chi connectivity index (χ1v) is 9.41. The molecule has 1 aliphatic heterocycles. The standard InChI is InChI=1S/C22H18N4O4/c1-14-9-17(15-5-3-2-4-6-15)24-20-11-22(25-26(14)20)28-12-21(27)23-16-7-8-18-19(10-16)30-13-29-18/h2-11H,12-13H2,1H3,(H,23,27). The Kier molecular flexibility index (Phi) is 4.44. The van der Waals surface area contributed by atoms with Gasteiger partial charge in [-0.05, 0) is 25.1 Å². The Labute approximate surface area is 172 Å². The first-order valence-electron chi connectivity index (χ1n) is 9.41. The molecule has 0 radical (unpaired) electrons. The van der Waals surface area contributed by atoms with Crippen molar-refractivity contribution in [2.45, 2.75) is 6.92 Å². The maximum absolute atomic E-state index is 12.2. The van der Waals surface area contributed by atoms with Gasteiger partial charge >= 0.3 is 0 Å². The highest BCUT2D eigenvalue weighted by Gasteiger charge is 2.15. The van der Waals surface area contributed by atoms with Crippen molar-refractivity contribution in [3.8, 4) is 28.6 Å². The van der Waals surface area contributed by atoms with Gasteiger partial charge in [0.05, 0.1) is 5.69 Å². The van der Waals surface area contributed by atoms with E-state index in [1.54, 1.807) is 28.8 Å². The van der Waals surface area contributed by atoms with Crippen LogP contribution in [0.5, 0.6) is 17.4 Å². The number of aryl methyl sites for hydroxylation is 1. The van der Waals surface area contributed by atoms with Crippen LogP contribution in [0.2, 0.25) is 0 Å². The number of hydrogen-bond donors (Lipinski definition) is 1. The van der Waals surface area contributed by atoms with Gasteiger partial charge in [-0.1, -0.05) is 30.3 Å². The number of carbonyl (C=O) groups is 1. The van der Waals surface area contributed by atoms with Gasteiger partial charge in [-0.15, -0.1) is 5.10 Å². The molecule has 5 rings (SSSR count). The molecule has 0 spiro atoms. The summed E-state index contributed by atoms with van der Waals surface area (Å²) in [6.07, 6.45) is 0. The lowest BCUT2D eigenvalue weighted by molar-refractivity contribution is -0.118. The Morgan fingerprint density at radius 1 is 1.10 bits per heavy atom. The number of carbonyl (C=O) groups excluding carboxylic acids is 1. The molecule has 2 aromatic heterocycles. The van der Waals surface area contributed by atoms with Crippen LogP contribution < -0.4 is 19.5 Å². The van der Waals surface area contributed by atoms with Crippen LogP contribution in [0.25, 0.3) is 16.9 Å². The van der Waals surface area contributed by atoms with Crippen LogP contribution in [0.4, 0.5) is 5.69 Å².